The lowest BCUT2D eigenvalue weighted by Crippen LogP contribution is -2.42. The first-order chi connectivity index (χ1) is 11.2. The van der Waals surface area contributed by atoms with Crippen molar-refractivity contribution in [2.75, 3.05) is 44.4 Å². The molecule has 0 spiro atoms. The van der Waals surface area contributed by atoms with Crippen molar-refractivity contribution in [3.8, 4) is 5.75 Å². The Hall–Kier alpha value is -2.09. The number of morpholine rings is 1. The molecule has 124 valence electrons. The fourth-order valence-electron chi connectivity index (χ4n) is 2.57. The lowest BCUT2D eigenvalue weighted by molar-refractivity contribution is 0.0322. The van der Waals surface area contributed by atoms with Gasteiger partial charge in [0, 0.05) is 25.3 Å². The van der Waals surface area contributed by atoms with Crippen molar-refractivity contribution >= 4 is 12.0 Å². The minimum absolute atomic E-state index is 0.305. The SMILES string of the molecule is NC1=CC(N)N(c2ccc(OCCN3CCOCC3)cc2)C=N1. The zero-order chi connectivity index (χ0) is 16.1. The molecule has 0 aliphatic carbocycles. The van der Waals surface area contributed by atoms with E-state index in [1.54, 1.807) is 12.4 Å². The van der Waals surface area contributed by atoms with Crippen LogP contribution in [0.3, 0.4) is 0 Å². The zero-order valence-corrected chi connectivity index (χ0v) is 13.1. The fourth-order valence-corrected chi connectivity index (χ4v) is 2.57. The fraction of sp³-hybridized carbons (Fsp3) is 0.438. The van der Waals surface area contributed by atoms with Crippen LogP contribution < -0.4 is 21.1 Å². The molecular weight excluding hydrogens is 294 g/mol. The molecule has 0 saturated carbocycles. The second-order valence-electron chi connectivity index (χ2n) is 5.53. The third kappa shape index (κ3) is 4.22. The molecule has 2 aliphatic rings. The Morgan fingerprint density at radius 1 is 1.22 bits per heavy atom. The number of nitrogens with zero attached hydrogens (tertiary/aromatic N) is 3. The normalized spacial score (nSPS) is 22.0. The molecule has 1 saturated heterocycles. The van der Waals surface area contributed by atoms with Gasteiger partial charge in [-0.2, -0.15) is 0 Å². The van der Waals surface area contributed by atoms with Crippen LogP contribution in [0.25, 0.3) is 0 Å². The quantitative estimate of drug-likeness (QED) is 0.813. The van der Waals surface area contributed by atoms with Gasteiger partial charge in [0.25, 0.3) is 0 Å². The number of nitrogens with two attached hydrogens (primary N) is 2. The van der Waals surface area contributed by atoms with Gasteiger partial charge in [-0.05, 0) is 30.3 Å². The van der Waals surface area contributed by atoms with Gasteiger partial charge in [0.2, 0.25) is 0 Å². The van der Waals surface area contributed by atoms with Gasteiger partial charge < -0.3 is 25.8 Å². The molecular formula is C16H23N5O2. The molecule has 7 heteroatoms. The lowest BCUT2D eigenvalue weighted by Gasteiger charge is -2.27. The van der Waals surface area contributed by atoms with E-state index in [0.29, 0.717) is 12.4 Å². The minimum Gasteiger partial charge on any atom is -0.492 e. The van der Waals surface area contributed by atoms with E-state index in [0.717, 1.165) is 44.3 Å². The van der Waals surface area contributed by atoms with E-state index in [1.165, 1.54) is 0 Å². The predicted octanol–water partition coefficient (Wildman–Crippen LogP) is 0.331. The third-order valence-corrected chi connectivity index (χ3v) is 3.91. The number of ether oxygens (including phenoxy) is 2. The van der Waals surface area contributed by atoms with Crippen LogP contribution >= 0.6 is 0 Å². The molecule has 3 rings (SSSR count). The second kappa shape index (κ2) is 7.45. The van der Waals surface area contributed by atoms with Crippen LogP contribution in [0.15, 0.2) is 41.2 Å². The summed E-state index contributed by atoms with van der Waals surface area (Å²) in [6.45, 7) is 5.16. The Kier molecular flexibility index (Phi) is 5.12. The van der Waals surface area contributed by atoms with Crippen molar-refractivity contribution in [1.82, 2.24) is 4.90 Å². The van der Waals surface area contributed by atoms with Crippen LogP contribution in [0.2, 0.25) is 0 Å². The first-order valence-corrected chi connectivity index (χ1v) is 7.81. The number of anilines is 1. The first kappa shape index (κ1) is 15.8. The number of hydrogen-bond acceptors (Lipinski definition) is 7. The van der Waals surface area contributed by atoms with Gasteiger partial charge in [0.05, 0.1) is 19.6 Å². The molecule has 1 unspecified atom stereocenters. The number of rotatable bonds is 5. The number of hydrogen-bond donors (Lipinski definition) is 2. The third-order valence-electron chi connectivity index (χ3n) is 3.91. The van der Waals surface area contributed by atoms with Crippen LogP contribution in [0.4, 0.5) is 5.69 Å². The summed E-state index contributed by atoms with van der Waals surface area (Å²) < 4.78 is 11.1. The van der Waals surface area contributed by atoms with E-state index in [-0.39, 0.29) is 6.17 Å². The molecule has 7 nitrogen and oxygen atoms in total. The van der Waals surface area contributed by atoms with Crippen molar-refractivity contribution < 1.29 is 9.47 Å². The zero-order valence-electron chi connectivity index (χ0n) is 13.1. The van der Waals surface area contributed by atoms with Gasteiger partial charge in [-0.15, -0.1) is 0 Å². The Morgan fingerprint density at radius 3 is 2.65 bits per heavy atom. The van der Waals surface area contributed by atoms with Crippen molar-refractivity contribution in [1.29, 1.82) is 0 Å². The summed E-state index contributed by atoms with van der Waals surface area (Å²) in [7, 11) is 0. The molecule has 23 heavy (non-hydrogen) atoms. The highest BCUT2D eigenvalue weighted by atomic mass is 16.5. The smallest absolute Gasteiger partial charge is 0.124 e. The summed E-state index contributed by atoms with van der Waals surface area (Å²) in [4.78, 5) is 8.27. The highest BCUT2D eigenvalue weighted by molar-refractivity contribution is 5.82. The lowest BCUT2D eigenvalue weighted by atomic mass is 10.2. The van der Waals surface area contributed by atoms with E-state index in [1.807, 2.05) is 29.2 Å². The van der Waals surface area contributed by atoms with Crippen molar-refractivity contribution in [2.45, 2.75) is 6.17 Å². The highest BCUT2D eigenvalue weighted by Crippen LogP contribution is 2.21. The molecule has 2 aliphatic heterocycles. The Balaban J connectivity index is 1.50. The maximum atomic E-state index is 6.03. The molecule has 1 atom stereocenters. The summed E-state index contributed by atoms with van der Waals surface area (Å²) in [5, 5.41) is 0. The van der Waals surface area contributed by atoms with Gasteiger partial charge in [0.1, 0.15) is 24.3 Å². The second-order valence-corrected chi connectivity index (χ2v) is 5.53. The molecule has 0 bridgehead atoms. The van der Waals surface area contributed by atoms with Gasteiger partial charge >= 0.3 is 0 Å². The monoisotopic (exact) mass is 317 g/mol. The highest BCUT2D eigenvalue weighted by Gasteiger charge is 2.15. The van der Waals surface area contributed by atoms with Crippen LogP contribution in [0, 0.1) is 0 Å². The summed E-state index contributed by atoms with van der Waals surface area (Å²) in [6.07, 6.45) is 3.06. The van der Waals surface area contributed by atoms with E-state index in [9.17, 15) is 0 Å². The van der Waals surface area contributed by atoms with Crippen molar-refractivity contribution in [2.24, 2.45) is 16.5 Å². The number of benzene rings is 1. The Bertz CT molecular complexity index is 566. The Morgan fingerprint density at radius 2 is 1.96 bits per heavy atom. The van der Waals surface area contributed by atoms with E-state index >= 15 is 0 Å². The standard InChI is InChI=1S/C16H23N5O2/c17-15-11-16(18)21(12-19-15)13-1-3-14(4-2-13)23-10-7-20-5-8-22-9-6-20/h1-4,11-12,16H,5-10,17-18H2. The maximum Gasteiger partial charge on any atom is 0.124 e. The Labute approximate surface area is 136 Å². The van der Waals surface area contributed by atoms with E-state index in [4.69, 9.17) is 20.9 Å². The maximum absolute atomic E-state index is 6.03. The molecule has 0 amide bonds. The molecule has 0 radical (unpaired) electrons. The minimum atomic E-state index is -0.305. The van der Waals surface area contributed by atoms with E-state index < -0.39 is 0 Å². The van der Waals surface area contributed by atoms with Gasteiger partial charge in [-0.3, -0.25) is 4.90 Å². The van der Waals surface area contributed by atoms with Crippen LogP contribution in [-0.4, -0.2) is 56.9 Å². The van der Waals surface area contributed by atoms with E-state index in [2.05, 4.69) is 9.89 Å². The van der Waals surface area contributed by atoms with Crippen molar-refractivity contribution in [3.05, 3.63) is 36.2 Å². The summed E-state index contributed by atoms with van der Waals surface area (Å²) in [5.41, 5.74) is 12.6. The molecule has 1 aromatic rings. The van der Waals surface area contributed by atoms with Gasteiger partial charge in [-0.1, -0.05) is 0 Å². The van der Waals surface area contributed by atoms with Crippen molar-refractivity contribution in [3.63, 3.8) is 0 Å². The van der Waals surface area contributed by atoms with Crippen LogP contribution in [-0.2, 0) is 4.74 Å². The molecule has 0 aromatic heterocycles. The molecule has 2 heterocycles. The predicted molar refractivity (Wildman–Crippen MR) is 90.4 cm³/mol. The van der Waals surface area contributed by atoms with Crippen LogP contribution in [0.1, 0.15) is 0 Å². The number of aliphatic imine (C=N–C) groups is 1. The van der Waals surface area contributed by atoms with Crippen LogP contribution in [0.5, 0.6) is 5.75 Å². The summed E-state index contributed by atoms with van der Waals surface area (Å²) in [6, 6.07) is 7.81. The molecule has 1 aromatic carbocycles. The summed E-state index contributed by atoms with van der Waals surface area (Å²) >= 11 is 0. The molecule has 1 fully saturated rings. The first-order valence-electron chi connectivity index (χ1n) is 7.81. The average molecular weight is 317 g/mol. The van der Waals surface area contributed by atoms with Gasteiger partial charge in [0.15, 0.2) is 0 Å². The topological polar surface area (TPSA) is 89.3 Å². The van der Waals surface area contributed by atoms with Gasteiger partial charge in [-0.25, -0.2) is 4.99 Å². The average Bonchev–Trinajstić information content (AvgIpc) is 2.57. The molecule has 4 N–H and O–H groups in total. The largest absolute Gasteiger partial charge is 0.492 e. The summed E-state index contributed by atoms with van der Waals surface area (Å²) in [5.74, 6) is 1.29.